The van der Waals surface area contributed by atoms with Gasteiger partial charge in [0.25, 0.3) is 0 Å². The first-order valence-corrected chi connectivity index (χ1v) is 8.04. The predicted octanol–water partition coefficient (Wildman–Crippen LogP) is 4.91. The van der Waals surface area contributed by atoms with Gasteiger partial charge in [-0.2, -0.15) is 4.98 Å². The number of ether oxygens (including phenoxy) is 2. The largest absolute Gasteiger partial charge is 0.478 e. The Morgan fingerprint density at radius 1 is 1.24 bits per heavy atom. The Morgan fingerprint density at radius 3 is 2.56 bits per heavy atom. The molecule has 0 aliphatic heterocycles. The molecule has 130 valence electrons. The van der Waals surface area contributed by atoms with E-state index in [4.69, 9.17) is 25.5 Å². The third-order valence-electron chi connectivity index (χ3n) is 3.83. The van der Waals surface area contributed by atoms with E-state index in [-0.39, 0.29) is 6.08 Å². The van der Waals surface area contributed by atoms with Crippen LogP contribution in [0.1, 0.15) is 20.3 Å². The first-order chi connectivity index (χ1) is 11.9. The lowest BCUT2D eigenvalue weighted by Crippen LogP contribution is -2.40. The number of rotatable bonds is 6. The van der Waals surface area contributed by atoms with Gasteiger partial charge in [-0.25, -0.2) is 4.79 Å². The molecule has 0 saturated carbocycles. The van der Waals surface area contributed by atoms with E-state index in [0.29, 0.717) is 34.0 Å². The van der Waals surface area contributed by atoms with Gasteiger partial charge in [0.15, 0.2) is 5.58 Å². The zero-order chi connectivity index (χ0) is 18.0. The number of carbonyl (C=O) groups is 1. The summed E-state index contributed by atoms with van der Waals surface area (Å²) in [6, 6.07) is 11.7. The molecule has 0 saturated heterocycles. The number of aromatic nitrogens is 1. The molecule has 0 spiro atoms. The zero-order valence-electron chi connectivity index (χ0n) is 13.7. The van der Waals surface area contributed by atoms with Crippen LogP contribution in [-0.2, 0) is 4.79 Å². The average molecular weight is 362 g/mol. The smallest absolute Gasteiger partial charge is 0.400 e. The van der Waals surface area contributed by atoms with Gasteiger partial charge in [0.1, 0.15) is 17.0 Å². The fourth-order valence-electron chi connectivity index (χ4n) is 2.12. The van der Waals surface area contributed by atoms with Crippen molar-refractivity contribution in [2.45, 2.75) is 25.9 Å². The molecule has 6 nitrogen and oxygen atoms in total. The number of aliphatic carboxylic acids is 1. The van der Waals surface area contributed by atoms with Crippen LogP contribution >= 0.6 is 11.6 Å². The number of hydrogen-bond acceptors (Lipinski definition) is 5. The summed E-state index contributed by atoms with van der Waals surface area (Å²) in [5.41, 5.74) is -0.107. The fraction of sp³-hybridized carbons (Fsp3) is 0.222. The summed E-state index contributed by atoms with van der Waals surface area (Å²) in [5.74, 6) is -0.0950. The maximum absolute atomic E-state index is 11.3. The SMILES string of the molecule is CCC(C)(Oc1ccc(Oc2nc3ccc(Cl)cc3o2)cc1)C(=O)O. The van der Waals surface area contributed by atoms with E-state index < -0.39 is 11.6 Å². The summed E-state index contributed by atoms with van der Waals surface area (Å²) in [4.78, 5) is 15.5. The molecular formula is C18H16ClNO5. The standard InChI is InChI=1S/C18H16ClNO5/c1-3-18(2,16(21)22)25-13-7-5-12(6-8-13)23-17-20-14-9-4-11(19)10-15(14)24-17/h4-10H,3H2,1-2H3,(H,21,22). The maximum atomic E-state index is 11.3. The number of carboxylic acids is 1. The zero-order valence-corrected chi connectivity index (χ0v) is 14.4. The molecule has 0 fully saturated rings. The average Bonchev–Trinajstić information content (AvgIpc) is 2.97. The van der Waals surface area contributed by atoms with Crippen molar-refractivity contribution in [1.82, 2.24) is 4.98 Å². The quantitative estimate of drug-likeness (QED) is 0.672. The van der Waals surface area contributed by atoms with Gasteiger partial charge < -0.3 is 19.0 Å². The Balaban J connectivity index is 1.74. The lowest BCUT2D eigenvalue weighted by Gasteiger charge is -2.24. The summed E-state index contributed by atoms with van der Waals surface area (Å²) < 4.78 is 16.6. The molecule has 1 aromatic heterocycles. The molecule has 2 aromatic carbocycles. The maximum Gasteiger partial charge on any atom is 0.400 e. The monoisotopic (exact) mass is 361 g/mol. The molecule has 25 heavy (non-hydrogen) atoms. The molecule has 1 N–H and O–H groups in total. The van der Waals surface area contributed by atoms with Crippen molar-refractivity contribution < 1.29 is 23.8 Å². The van der Waals surface area contributed by atoms with Gasteiger partial charge in [0.2, 0.25) is 5.60 Å². The molecule has 0 aliphatic carbocycles. The van der Waals surface area contributed by atoms with E-state index in [1.54, 1.807) is 49.4 Å². The molecule has 0 radical (unpaired) electrons. The van der Waals surface area contributed by atoms with Crippen LogP contribution in [0.3, 0.4) is 0 Å². The highest BCUT2D eigenvalue weighted by Gasteiger charge is 2.33. The highest BCUT2D eigenvalue weighted by Crippen LogP contribution is 2.29. The molecule has 1 unspecified atom stereocenters. The van der Waals surface area contributed by atoms with Crippen LogP contribution in [0.25, 0.3) is 11.1 Å². The van der Waals surface area contributed by atoms with Crippen molar-refractivity contribution in [3.63, 3.8) is 0 Å². The van der Waals surface area contributed by atoms with E-state index in [9.17, 15) is 9.90 Å². The Hall–Kier alpha value is -2.73. The topological polar surface area (TPSA) is 81.8 Å². The van der Waals surface area contributed by atoms with Gasteiger partial charge in [0, 0.05) is 11.1 Å². The van der Waals surface area contributed by atoms with Crippen LogP contribution in [0.2, 0.25) is 5.02 Å². The minimum absolute atomic E-state index is 0.0925. The lowest BCUT2D eigenvalue weighted by molar-refractivity contribution is -0.154. The van der Waals surface area contributed by atoms with Crippen LogP contribution in [0.4, 0.5) is 0 Å². The number of fused-ring (bicyclic) bond motifs is 1. The van der Waals surface area contributed by atoms with E-state index in [1.807, 2.05) is 0 Å². The van der Waals surface area contributed by atoms with E-state index in [0.717, 1.165) is 0 Å². The fourth-order valence-corrected chi connectivity index (χ4v) is 2.29. The van der Waals surface area contributed by atoms with Crippen molar-refractivity contribution in [1.29, 1.82) is 0 Å². The molecule has 0 bridgehead atoms. The number of carboxylic acid groups (broad SMARTS) is 1. The van der Waals surface area contributed by atoms with Crippen molar-refractivity contribution in [2.24, 2.45) is 0 Å². The molecule has 3 rings (SSSR count). The van der Waals surface area contributed by atoms with Gasteiger partial charge in [0.05, 0.1) is 0 Å². The third kappa shape index (κ3) is 3.69. The Morgan fingerprint density at radius 2 is 1.92 bits per heavy atom. The second kappa shape index (κ2) is 6.64. The third-order valence-corrected chi connectivity index (χ3v) is 4.07. The minimum Gasteiger partial charge on any atom is -0.478 e. The summed E-state index contributed by atoms with van der Waals surface area (Å²) in [5, 5.41) is 9.80. The van der Waals surface area contributed by atoms with Crippen molar-refractivity contribution in [3.8, 4) is 17.6 Å². The summed E-state index contributed by atoms with van der Waals surface area (Å²) in [7, 11) is 0. The van der Waals surface area contributed by atoms with Gasteiger partial charge in [-0.1, -0.05) is 18.5 Å². The highest BCUT2D eigenvalue weighted by atomic mass is 35.5. The molecule has 0 amide bonds. The highest BCUT2D eigenvalue weighted by molar-refractivity contribution is 6.31. The van der Waals surface area contributed by atoms with E-state index >= 15 is 0 Å². The first kappa shape index (κ1) is 17.1. The molecule has 7 heteroatoms. The van der Waals surface area contributed by atoms with Crippen molar-refractivity contribution in [2.75, 3.05) is 0 Å². The van der Waals surface area contributed by atoms with Crippen molar-refractivity contribution in [3.05, 3.63) is 47.5 Å². The van der Waals surface area contributed by atoms with Gasteiger partial charge >= 0.3 is 12.0 Å². The second-order valence-corrected chi connectivity index (χ2v) is 6.09. The number of nitrogens with zero attached hydrogens (tertiary/aromatic N) is 1. The molecule has 1 heterocycles. The molecule has 3 aromatic rings. The van der Waals surface area contributed by atoms with Crippen LogP contribution in [-0.4, -0.2) is 21.7 Å². The van der Waals surface area contributed by atoms with E-state index in [2.05, 4.69) is 4.98 Å². The second-order valence-electron chi connectivity index (χ2n) is 5.66. The number of halogens is 1. The van der Waals surface area contributed by atoms with Crippen LogP contribution < -0.4 is 9.47 Å². The normalized spacial score (nSPS) is 13.4. The van der Waals surface area contributed by atoms with Gasteiger partial charge in [-0.15, -0.1) is 0 Å². The number of benzene rings is 2. The summed E-state index contributed by atoms with van der Waals surface area (Å²) in [6.45, 7) is 3.29. The molecule has 0 aliphatic rings. The number of hydrogen-bond donors (Lipinski definition) is 1. The Labute approximate surface area is 148 Å². The van der Waals surface area contributed by atoms with Crippen LogP contribution in [0, 0.1) is 0 Å². The Kier molecular flexibility index (Phi) is 4.55. The van der Waals surface area contributed by atoms with Crippen LogP contribution in [0.5, 0.6) is 17.6 Å². The van der Waals surface area contributed by atoms with Gasteiger partial charge in [-0.05, 0) is 49.7 Å². The van der Waals surface area contributed by atoms with Gasteiger partial charge in [-0.3, -0.25) is 0 Å². The first-order valence-electron chi connectivity index (χ1n) is 7.66. The summed E-state index contributed by atoms with van der Waals surface area (Å²) >= 11 is 5.91. The molecule has 1 atom stereocenters. The summed E-state index contributed by atoms with van der Waals surface area (Å²) in [6.07, 6.45) is 0.432. The Bertz CT molecular complexity index is 905. The van der Waals surface area contributed by atoms with Crippen molar-refractivity contribution >= 4 is 28.7 Å². The number of oxazole rings is 1. The molecular weight excluding hydrogens is 346 g/mol. The predicted molar refractivity (Wildman–Crippen MR) is 92.5 cm³/mol. The van der Waals surface area contributed by atoms with Crippen LogP contribution in [0.15, 0.2) is 46.9 Å². The minimum atomic E-state index is -1.28. The van der Waals surface area contributed by atoms with E-state index in [1.165, 1.54) is 6.92 Å². The lowest BCUT2D eigenvalue weighted by atomic mass is 10.0.